The summed E-state index contributed by atoms with van der Waals surface area (Å²) in [4.78, 5) is 12.2. The Bertz CT molecular complexity index is 452. The van der Waals surface area contributed by atoms with Crippen molar-refractivity contribution in [1.29, 1.82) is 0 Å². The molecule has 0 atom stereocenters. The highest BCUT2D eigenvalue weighted by Crippen LogP contribution is 2.11. The van der Waals surface area contributed by atoms with Crippen LogP contribution in [0.1, 0.15) is 5.56 Å². The smallest absolute Gasteiger partial charge is 0.178 e. The van der Waals surface area contributed by atoms with E-state index in [1.807, 2.05) is 0 Å². The molecule has 0 aliphatic rings. The molecular weight excluding hydrogens is 207 g/mol. The molecule has 0 aliphatic carbocycles. The topological polar surface area (TPSA) is 64.7 Å². The molecule has 0 spiro atoms. The van der Waals surface area contributed by atoms with Gasteiger partial charge in [0, 0.05) is 12.4 Å². The Morgan fingerprint density at radius 2 is 1.81 bits per heavy atom. The van der Waals surface area contributed by atoms with E-state index in [1.54, 1.807) is 18.5 Å². The summed E-state index contributed by atoms with van der Waals surface area (Å²) >= 11 is 0. The molecule has 0 aliphatic heterocycles. The van der Waals surface area contributed by atoms with Gasteiger partial charge in [0.2, 0.25) is 0 Å². The highest BCUT2D eigenvalue weighted by molar-refractivity contribution is 5.47. The number of hydrogen-bond acceptors (Lipinski definition) is 4. The molecule has 0 bridgehead atoms. The maximum absolute atomic E-state index is 12.6. The van der Waals surface area contributed by atoms with Crippen LogP contribution in [0.25, 0.3) is 11.5 Å². The molecule has 0 aromatic carbocycles. The largest absolute Gasteiger partial charge is 0.330 e. The normalized spacial score (nSPS) is 10.4. The van der Waals surface area contributed by atoms with Gasteiger partial charge in [-0.15, -0.1) is 0 Å². The van der Waals surface area contributed by atoms with E-state index < -0.39 is 0 Å². The summed E-state index contributed by atoms with van der Waals surface area (Å²) in [5.41, 5.74) is 6.95. The number of nitrogens with two attached hydrogens (primary N) is 1. The van der Waals surface area contributed by atoms with Crippen LogP contribution < -0.4 is 5.73 Å². The Labute approximate surface area is 92.4 Å². The average Bonchev–Trinajstić information content (AvgIpc) is 2.32. The lowest BCUT2D eigenvalue weighted by molar-refractivity contribution is 0.621. The lowest BCUT2D eigenvalue weighted by Crippen LogP contribution is -2.04. The van der Waals surface area contributed by atoms with Crippen LogP contribution in [0.2, 0.25) is 0 Å². The van der Waals surface area contributed by atoms with Crippen molar-refractivity contribution in [2.75, 3.05) is 6.54 Å². The minimum atomic E-state index is -0.372. The third-order valence-corrected chi connectivity index (χ3v) is 2.09. The Morgan fingerprint density at radius 3 is 2.38 bits per heavy atom. The van der Waals surface area contributed by atoms with Crippen molar-refractivity contribution in [1.82, 2.24) is 15.0 Å². The highest BCUT2D eigenvalue weighted by Gasteiger charge is 2.02. The first-order valence-electron chi connectivity index (χ1n) is 4.92. The van der Waals surface area contributed by atoms with Gasteiger partial charge in [-0.1, -0.05) is 0 Å². The molecule has 0 unspecified atom stereocenters. The van der Waals surface area contributed by atoms with Crippen molar-refractivity contribution < 1.29 is 4.39 Å². The molecule has 2 heterocycles. The Hall–Kier alpha value is -1.88. The number of halogens is 1. The van der Waals surface area contributed by atoms with Crippen LogP contribution in [0.3, 0.4) is 0 Å². The fraction of sp³-hybridized carbons (Fsp3) is 0.182. The zero-order chi connectivity index (χ0) is 11.4. The van der Waals surface area contributed by atoms with Crippen LogP contribution in [0.15, 0.2) is 30.7 Å². The molecular formula is C11H11FN4. The van der Waals surface area contributed by atoms with Gasteiger partial charge in [0.1, 0.15) is 11.5 Å². The maximum atomic E-state index is 12.6. The first kappa shape index (κ1) is 10.6. The van der Waals surface area contributed by atoms with Gasteiger partial charge in [-0.25, -0.2) is 19.3 Å². The van der Waals surface area contributed by atoms with Gasteiger partial charge in [-0.05, 0) is 30.7 Å². The zero-order valence-electron chi connectivity index (χ0n) is 8.60. The van der Waals surface area contributed by atoms with Gasteiger partial charge in [0.15, 0.2) is 5.82 Å². The third-order valence-electron chi connectivity index (χ3n) is 2.09. The predicted molar refractivity (Wildman–Crippen MR) is 58.0 cm³/mol. The first-order chi connectivity index (χ1) is 7.79. The van der Waals surface area contributed by atoms with E-state index in [0.29, 0.717) is 18.1 Å². The van der Waals surface area contributed by atoms with E-state index >= 15 is 0 Å². The number of aromatic nitrogens is 3. The molecule has 16 heavy (non-hydrogen) atoms. The van der Waals surface area contributed by atoms with Crippen molar-refractivity contribution in [2.45, 2.75) is 6.42 Å². The fourth-order valence-corrected chi connectivity index (χ4v) is 1.29. The quantitative estimate of drug-likeness (QED) is 0.840. The molecule has 2 aromatic heterocycles. The molecule has 82 valence electrons. The van der Waals surface area contributed by atoms with Crippen LogP contribution in [-0.4, -0.2) is 21.5 Å². The van der Waals surface area contributed by atoms with Crippen LogP contribution in [-0.2, 0) is 6.42 Å². The molecule has 2 aromatic rings. The minimum Gasteiger partial charge on any atom is -0.330 e. The van der Waals surface area contributed by atoms with Gasteiger partial charge in [-0.3, -0.25) is 0 Å². The second-order valence-electron chi connectivity index (χ2n) is 3.32. The Balaban J connectivity index is 2.24. The summed E-state index contributed by atoms with van der Waals surface area (Å²) in [7, 11) is 0. The molecule has 0 amide bonds. The first-order valence-corrected chi connectivity index (χ1v) is 4.92. The van der Waals surface area contributed by atoms with Crippen LogP contribution in [0, 0.1) is 5.82 Å². The van der Waals surface area contributed by atoms with E-state index in [0.717, 1.165) is 18.2 Å². The van der Waals surface area contributed by atoms with Crippen molar-refractivity contribution in [3.8, 4) is 11.5 Å². The molecule has 0 radical (unpaired) electrons. The summed E-state index contributed by atoms with van der Waals surface area (Å²) in [5.74, 6) is 0.115. The number of rotatable bonds is 3. The van der Waals surface area contributed by atoms with Gasteiger partial charge in [0.25, 0.3) is 0 Å². The third kappa shape index (κ3) is 2.38. The van der Waals surface area contributed by atoms with Crippen LogP contribution in [0.4, 0.5) is 4.39 Å². The lowest BCUT2D eigenvalue weighted by Gasteiger charge is -2.00. The maximum Gasteiger partial charge on any atom is 0.178 e. The summed E-state index contributed by atoms with van der Waals surface area (Å²) in [6.07, 6.45) is 5.31. The van der Waals surface area contributed by atoms with Gasteiger partial charge in [0.05, 0.1) is 6.20 Å². The van der Waals surface area contributed by atoms with E-state index in [4.69, 9.17) is 5.73 Å². The molecule has 0 saturated heterocycles. The van der Waals surface area contributed by atoms with E-state index in [2.05, 4.69) is 15.0 Å². The summed E-state index contributed by atoms with van der Waals surface area (Å²) in [6.45, 7) is 0.567. The molecule has 2 N–H and O–H groups in total. The van der Waals surface area contributed by atoms with Crippen molar-refractivity contribution >= 4 is 0 Å². The monoisotopic (exact) mass is 218 g/mol. The fourth-order valence-electron chi connectivity index (χ4n) is 1.29. The van der Waals surface area contributed by atoms with E-state index in [-0.39, 0.29) is 5.82 Å². The molecule has 5 heteroatoms. The molecule has 2 rings (SSSR count). The van der Waals surface area contributed by atoms with E-state index in [9.17, 15) is 4.39 Å². The second-order valence-corrected chi connectivity index (χ2v) is 3.32. The zero-order valence-corrected chi connectivity index (χ0v) is 8.60. The number of nitrogens with zero attached hydrogens (tertiary/aromatic N) is 3. The average molecular weight is 218 g/mol. The summed E-state index contributed by atoms with van der Waals surface area (Å²) < 4.78 is 12.6. The summed E-state index contributed by atoms with van der Waals surface area (Å²) in [5, 5.41) is 0. The highest BCUT2D eigenvalue weighted by atomic mass is 19.1. The predicted octanol–water partition coefficient (Wildman–Crippen LogP) is 1.18. The molecule has 0 fully saturated rings. The van der Waals surface area contributed by atoms with Gasteiger partial charge < -0.3 is 5.73 Å². The minimum absolute atomic E-state index is 0.372. The number of pyridine rings is 1. The molecule has 0 saturated carbocycles. The van der Waals surface area contributed by atoms with Crippen LogP contribution >= 0.6 is 0 Å². The number of hydrogen-bond donors (Lipinski definition) is 1. The SMILES string of the molecule is NCCc1cnc(-c2ccc(F)cn2)nc1. The summed E-state index contributed by atoms with van der Waals surface area (Å²) in [6, 6.07) is 2.88. The van der Waals surface area contributed by atoms with Crippen LogP contribution in [0.5, 0.6) is 0 Å². The van der Waals surface area contributed by atoms with Crippen molar-refractivity contribution in [3.05, 3.63) is 42.1 Å². The van der Waals surface area contributed by atoms with Gasteiger partial charge >= 0.3 is 0 Å². The van der Waals surface area contributed by atoms with Gasteiger partial charge in [-0.2, -0.15) is 0 Å². The Kier molecular flexibility index (Phi) is 3.16. The lowest BCUT2D eigenvalue weighted by atomic mass is 10.2. The Morgan fingerprint density at radius 1 is 1.06 bits per heavy atom. The second kappa shape index (κ2) is 4.76. The van der Waals surface area contributed by atoms with E-state index in [1.165, 1.54) is 6.07 Å². The van der Waals surface area contributed by atoms with Crippen molar-refractivity contribution in [3.63, 3.8) is 0 Å². The molecule has 4 nitrogen and oxygen atoms in total. The van der Waals surface area contributed by atoms with Crippen molar-refractivity contribution in [2.24, 2.45) is 5.73 Å². The standard InChI is InChI=1S/C11H11FN4/c12-9-1-2-10(14-7-9)11-15-5-8(3-4-13)6-16-11/h1-2,5-7H,3-4,13H2.